The second kappa shape index (κ2) is 8.49. The molecule has 0 radical (unpaired) electrons. The first-order chi connectivity index (χ1) is 14.0. The van der Waals surface area contributed by atoms with Gasteiger partial charge >= 0.3 is 0 Å². The highest BCUT2D eigenvalue weighted by Crippen LogP contribution is 2.29. The maximum atomic E-state index is 13.0. The Hall–Kier alpha value is -2.84. The SMILES string of the molecule is CC(C)NC(=O)c1ccc(Cl)cc1NC(=O)c1oc2ccccc2c1CS(C)(=O)=O. The number of nitrogens with one attached hydrogen (secondary N) is 2. The first-order valence-electron chi connectivity index (χ1n) is 9.15. The lowest BCUT2D eigenvalue weighted by Gasteiger charge is -2.13. The van der Waals surface area contributed by atoms with Gasteiger partial charge in [-0.05, 0) is 38.1 Å². The van der Waals surface area contributed by atoms with Crippen LogP contribution in [-0.2, 0) is 15.6 Å². The Kier molecular flexibility index (Phi) is 6.19. The van der Waals surface area contributed by atoms with Crippen molar-refractivity contribution in [2.24, 2.45) is 0 Å². The highest BCUT2D eigenvalue weighted by atomic mass is 35.5. The molecule has 0 aliphatic carbocycles. The monoisotopic (exact) mass is 448 g/mol. The molecule has 0 aliphatic rings. The molecule has 0 atom stereocenters. The standard InChI is InChI=1S/C21H21ClN2O5S/c1-12(2)23-20(25)15-9-8-13(22)10-17(15)24-21(26)19-16(11-30(3,27)28)14-6-4-5-7-18(14)29-19/h4-10,12H,11H2,1-3H3,(H,23,25)(H,24,26). The molecule has 0 saturated heterocycles. The minimum atomic E-state index is -3.43. The number of furan rings is 1. The fourth-order valence-corrected chi connectivity index (χ4v) is 4.01. The van der Waals surface area contributed by atoms with Crippen molar-refractivity contribution in [2.75, 3.05) is 11.6 Å². The summed E-state index contributed by atoms with van der Waals surface area (Å²) < 4.78 is 29.5. The van der Waals surface area contributed by atoms with Crippen molar-refractivity contribution >= 4 is 49.9 Å². The number of benzene rings is 2. The Morgan fingerprint density at radius 1 is 1.10 bits per heavy atom. The predicted octanol–water partition coefficient (Wildman–Crippen LogP) is 4.02. The van der Waals surface area contributed by atoms with E-state index in [-0.39, 0.29) is 40.3 Å². The lowest BCUT2D eigenvalue weighted by atomic mass is 10.1. The molecule has 0 unspecified atom stereocenters. The topological polar surface area (TPSA) is 105 Å². The normalized spacial score (nSPS) is 11.6. The average Bonchev–Trinajstić information content (AvgIpc) is 2.98. The molecule has 2 N–H and O–H groups in total. The van der Waals surface area contributed by atoms with E-state index in [0.29, 0.717) is 16.0 Å². The van der Waals surface area contributed by atoms with Crippen molar-refractivity contribution in [1.82, 2.24) is 5.32 Å². The first kappa shape index (κ1) is 21.9. The van der Waals surface area contributed by atoms with Gasteiger partial charge in [0.2, 0.25) is 0 Å². The van der Waals surface area contributed by atoms with Gasteiger partial charge in [0.25, 0.3) is 11.8 Å². The van der Waals surface area contributed by atoms with Crippen LogP contribution in [0.15, 0.2) is 46.9 Å². The van der Waals surface area contributed by atoms with Crippen molar-refractivity contribution in [1.29, 1.82) is 0 Å². The third-order valence-electron chi connectivity index (χ3n) is 4.21. The van der Waals surface area contributed by atoms with E-state index in [2.05, 4.69) is 10.6 Å². The quantitative estimate of drug-likeness (QED) is 0.592. The molecule has 0 spiro atoms. The van der Waals surface area contributed by atoms with Crippen LogP contribution in [0.25, 0.3) is 11.0 Å². The molecule has 0 fully saturated rings. The van der Waals surface area contributed by atoms with Crippen molar-refractivity contribution in [3.63, 3.8) is 0 Å². The lowest BCUT2D eigenvalue weighted by Crippen LogP contribution is -2.31. The number of anilines is 1. The number of rotatable bonds is 6. The Morgan fingerprint density at radius 3 is 2.47 bits per heavy atom. The summed E-state index contributed by atoms with van der Waals surface area (Å²) in [6, 6.07) is 11.2. The fourth-order valence-electron chi connectivity index (χ4n) is 3.02. The van der Waals surface area contributed by atoms with E-state index in [4.69, 9.17) is 16.0 Å². The van der Waals surface area contributed by atoms with E-state index < -0.39 is 15.7 Å². The van der Waals surface area contributed by atoms with Crippen molar-refractivity contribution in [3.05, 3.63) is 64.4 Å². The number of halogens is 1. The van der Waals surface area contributed by atoms with E-state index >= 15 is 0 Å². The zero-order chi connectivity index (χ0) is 22.1. The summed E-state index contributed by atoms with van der Waals surface area (Å²) in [5, 5.41) is 6.26. The van der Waals surface area contributed by atoms with Gasteiger partial charge in [-0.2, -0.15) is 0 Å². The molecule has 0 aliphatic heterocycles. The maximum Gasteiger partial charge on any atom is 0.291 e. The van der Waals surface area contributed by atoms with Gasteiger partial charge in [-0.25, -0.2) is 8.42 Å². The molecule has 3 rings (SSSR count). The summed E-state index contributed by atoms with van der Waals surface area (Å²) in [4.78, 5) is 25.5. The van der Waals surface area contributed by atoms with Gasteiger partial charge in [0.1, 0.15) is 5.58 Å². The number of amides is 2. The van der Waals surface area contributed by atoms with Crippen LogP contribution in [0.1, 0.15) is 40.3 Å². The summed E-state index contributed by atoms with van der Waals surface area (Å²) in [5.41, 5.74) is 1.07. The molecule has 0 saturated carbocycles. The summed E-state index contributed by atoms with van der Waals surface area (Å²) in [7, 11) is -3.43. The van der Waals surface area contributed by atoms with Crippen LogP contribution in [0.2, 0.25) is 5.02 Å². The van der Waals surface area contributed by atoms with Crippen LogP contribution in [0.3, 0.4) is 0 Å². The zero-order valence-electron chi connectivity index (χ0n) is 16.7. The van der Waals surface area contributed by atoms with Gasteiger partial charge in [-0.1, -0.05) is 29.8 Å². The third kappa shape index (κ3) is 5.01. The van der Waals surface area contributed by atoms with E-state index in [1.807, 2.05) is 13.8 Å². The lowest BCUT2D eigenvalue weighted by molar-refractivity contribution is 0.0944. The number of hydrogen-bond donors (Lipinski definition) is 2. The van der Waals surface area contributed by atoms with Gasteiger partial charge < -0.3 is 15.1 Å². The van der Waals surface area contributed by atoms with E-state index in [9.17, 15) is 18.0 Å². The molecule has 1 heterocycles. The number of hydrogen-bond acceptors (Lipinski definition) is 5. The Labute approximate surface area is 179 Å². The largest absolute Gasteiger partial charge is 0.451 e. The van der Waals surface area contributed by atoms with Crippen molar-refractivity contribution < 1.29 is 22.4 Å². The number of carbonyl (C=O) groups excluding carboxylic acids is 2. The third-order valence-corrected chi connectivity index (χ3v) is 5.25. The van der Waals surface area contributed by atoms with Crippen molar-refractivity contribution in [3.8, 4) is 0 Å². The predicted molar refractivity (Wildman–Crippen MR) is 117 cm³/mol. The van der Waals surface area contributed by atoms with E-state index in [1.54, 1.807) is 30.3 Å². The van der Waals surface area contributed by atoms with Gasteiger partial charge in [0.05, 0.1) is 17.0 Å². The molecule has 2 aromatic carbocycles. The molecule has 1 aromatic heterocycles. The Balaban J connectivity index is 2.03. The van der Waals surface area contributed by atoms with Crippen LogP contribution in [0, 0.1) is 0 Å². The molecular formula is C21H21ClN2O5S. The minimum absolute atomic E-state index is 0.103. The molecule has 158 valence electrons. The summed E-state index contributed by atoms with van der Waals surface area (Å²) >= 11 is 6.05. The van der Waals surface area contributed by atoms with Crippen LogP contribution < -0.4 is 10.6 Å². The number of para-hydroxylation sites is 1. The number of sulfone groups is 1. The Bertz CT molecular complexity index is 1230. The average molecular weight is 449 g/mol. The van der Waals surface area contributed by atoms with Gasteiger partial charge in [0, 0.05) is 28.3 Å². The second-order valence-corrected chi connectivity index (χ2v) is 9.82. The van der Waals surface area contributed by atoms with Crippen LogP contribution in [0.5, 0.6) is 0 Å². The molecular weight excluding hydrogens is 428 g/mol. The van der Waals surface area contributed by atoms with Crippen LogP contribution in [-0.4, -0.2) is 32.5 Å². The van der Waals surface area contributed by atoms with Crippen LogP contribution in [0.4, 0.5) is 5.69 Å². The minimum Gasteiger partial charge on any atom is -0.451 e. The molecule has 7 nitrogen and oxygen atoms in total. The highest BCUT2D eigenvalue weighted by molar-refractivity contribution is 7.89. The van der Waals surface area contributed by atoms with Gasteiger partial charge in [-0.15, -0.1) is 0 Å². The molecule has 3 aromatic rings. The smallest absolute Gasteiger partial charge is 0.291 e. The highest BCUT2D eigenvalue weighted by Gasteiger charge is 2.24. The number of fused-ring (bicyclic) bond motifs is 1. The Morgan fingerprint density at radius 2 is 1.80 bits per heavy atom. The van der Waals surface area contributed by atoms with Gasteiger partial charge in [-0.3, -0.25) is 9.59 Å². The van der Waals surface area contributed by atoms with E-state index in [0.717, 1.165) is 6.26 Å². The number of carbonyl (C=O) groups is 2. The summed E-state index contributed by atoms with van der Waals surface area (Å²) in [6.07, 6.45) is 1.09. The molecule has 30 heavy (non-hydrogen) atoms. The zero-order valence-corrected chi connectivity index (χ0v) is 18.2. The summed E-state index contributed by atoms with van der Waals surface area (Å²) in [6.45, 7) is 3.63. The van der Waals surface area contributed by atoms with Crippen molar-refractivity contribution in [2.45, 2.75) is 25.6 Å². The molecule has 9 heteroatoms. The fraction of sp³-hybridized carbons (Fsp3) is 0.238. The molecule has 2 amide bonds. The second-order valence-electron chi connectivity index (χ2n) is 7.25. The maximum absolute atomic E-state index is 13.0. The first-order valence-corrected chi connectivity index (χ1v) is 11.6. The van der Waals surface area contributed by atoms with Crippen LogP contribution >= 0.6 is 11.6 Å². The van der Waals surface area contributed by atoms with Gasteiger partial charge in [0.15, 0.2) is 15.6 Å². The summed E-state index contributed by atoms with van der Waals surface area (Å²) in [5.74, 6) is -1.54. The molecule has 0 bridgehead atoms. The van der Waals surface area contributed by atoms with E-state index in [1.165, 1.54) is 12.1 Å².